The molecule has 0 saturated heterocycles. The van der Waals surface area contributed by atoms with Crippen LogP contribution in [-0.4, -0.2) is 47.6 Å². The third kappa shape index (κ3) is 3.23. The molecule has 0 aliphatic rings. The number of hydrogen-bond donors (Lipinski definition) is 2. The number of nitrogens with one attached hydrogen (secondary N) is 1. The lowest BCUT2D eigenvalue weighted by atomic mass is 10.5. The maximum Gasteiger partial charge on any atom is 0.360 e. The summed E-state index contributed by atoms with van der Waals surface area (Å²) < 4.78 is 6.02. The van der Waals surface area contributed by atoms with Crippen LogP contribution in [0.4, 0.5) is 0 Å². The molecule has 0 saturated carbocycles. The number of aliphatic imine (C=N–C) groups is 1. The summed E-state index contributed by atoms with van der Waals surface area (Å²) in [5.74, 6) is -0.151. The van der Waals surface area contributed by atoms with Crippen molar-refractivity contribution in [1.29, 1.82) is 0 Å². The topological polar surface area (TPSA) is 107 Å². The van der Waals surface area contributed by atoms with Gasteiger partial charge in [0.1, 0.15) is 0 Å². The number of nitrogens with two attached hydrogens (primary N) is 1. The first-order valence-electron chi connectivity index (χ1n) is 4.62. The Kier molecular flexibility index (Phi) is 4.25. The summed E-state index contributed by atoms with van der Waals surface area (Å²) in [7, 11) is 2.88. The molecule has 1 aromatic rings. The Morgan fingerprint density at radius 2 is 2.50 bits per heavy atom. The van der Waals surface area contributed by atoms with Crippen molar-refractivity contribution in [3.8, 4) is 0 Å². The lowest BCUT2D eigenvalue weighted by molar-refractivity contribution is 0.0594. The second-order valence-electron chi connectivity index (χ2n) is 2.89. The van der Waals surface area contributed by atoms with Gasteiger partial charge < -0.3 is 15.8 Å². The van der Waals surface area contributed by atoms with Gasteiger partial charge in [0.15, 0.2) is 11.7 Å². The second-order valence-corrected chi connectivity index (χ2v) is 2.89. The standard InChI is InChI=1S/C8H14N6O2/c1-10-8(9)11-3-4-14-5-6(12-13-14)7(15)16-2/h5H,3-4H2,1-2H3,(H3,9,10,11). The minimum atomic E-state index is -0.506. The Bertz CT molecular complexity index is 386. The number of guanidine groups is 1. The first kappa shape index (κ1) is 12.0. The Morgan fingerprint density at radius 1 is 1.75 bits per heavy atom. The molecule has 88 valence electrons. The molecule has 1 rings (SSSR count). The molecule has 0 unspecified atom stereocenters. The highest BCUT2D eigenvalue weighted by Gasteiger charge is 2.09. The Hall–Kier alpha value is -2.12. The fraction of sp³-hybridized carbons (Fsp3) is 0.500. The molecule has 16 heavy (non-hydrogen) atoms. The first-order chi connectivity index (χ1) is 7.67. The van der Waals surface area contributed by atoms with Crippen molar-refractivity contribution in [1.82, 2.24) is 20.3 Å². The maximum atomic E-state index is 11.1. The molecule has 0 aromatic carbocycles. The van der Waals surface area contributed by atoms with Crippen LogP contribution < -0.4 is 11.1 Å². The molecular weight excluding hydrogens is 212 g/mol. The molecule has 3 N–H and O–H groups in total. The SMILES string of the molecule is CN=C(N)NCCn1cc(C(=O)OC)nn1. The van der Waals surface area contributed by atoms with Gasteiger partial charge in [-0.05, 0) is 0 Å². The summed E-state index contributed by atoms with van der Waals surface area (Å²) >= 11 is 0. The van der Waals surface area contributed by atoms with Gasteiger partial charge in [0, 0.05) is 13.6 Å². The molecule has 0 atom stereocenters. The monoisotopic (exact) mass is 226 g/mol. The van der Waals surface area contributed by atoms with Crippen molar-refractivity contribution in [3.05, 3.63) is 11.9 Å². The summed E-state index contributed by atoms with van der Waals surface area (Å²) in [5.41, 5.74) is 5.61. The van der Waals surface area contributed by atoms with Gasteiger partial charge in [0.2, 0.25) is 0 Å². The van der Waals surface area contributed by atoms with Crippen LogP contribution in [0.3, 0.4) is 0 Å². The molecule has 0 spiro atoms. The highest BCUT2D eigenvalue weighted by Crippen LogP contribution is 1.94. The number of ether oxygens (including phenoxy) is 1. The molecule has 0 aliphatic carbocycles. The highest BCUT2D eigenvalue weighted by molar-refractivity contribution is 5.86. The second kappa shape index (κ2) is 5.69. The Labute approximate surface area is 92.5 Å². The number of carbonyl (C=O) groups excluding carboxylic acids is 1. The summed E-state index contributed by atoms with van der Waals surface area (Å²) in [4.78, 5) is 14.8. The lowest BCUT2D eigenvalue weighted by Crippen LogP contribution is -2.33. The zero-order chi connectivity index (χ0) is 12.0. The van der Waals surface area contributed by atoms with Crippen LogP contribution in [0.15, 0.2) is 11.2 Å². The number of carbonyl (C=O) groups is 1. The van der Waals surface area contributed by atoms with Crippen molar-refractivity contribution in [3.63, 3.8) is 0 Å². The normalized spacial score (nSPS) is 11.2. The van der Waals surface area contributed by atoms with E-state index in [0.717, 1.165) is 0 Å². The molecule has 8 heteroatoms. The van der Waals surface area contributed by atoms with E-state index >= 15 is 0 Å². The molecule has 8 nitrogen and oxygen atoms in total. The van der Waals surface area contributed by atoms with Crippen LogP contribution in [0.2, 0.25) is 0 Å². The zero-order valence-corrected chi connectivity index (χ0v) is 9.17. The third-order valence-electron chi connectivity index (χ3n) is 1.82. The van der Waals surface area contributed by atoms with E-state index in [-0.39, 0.29) is 5.69 Å². The van der Waals surface area contributed by atoms with Crippen molar-refractivity contribution < 1.29 is 9.53 Å². The zero-order valence-electron chi connectivity index (χ0n) is 9.17. The number of rotatable bonds is 4. The van der Waals surface area contributed by atoms with E-state index in [4.69, 9.17) is 5.73 Å². The molecule has 0 amide bonds. The largest absolute Gasteiger partial charge is 0.464 e. The molecule has 0 radical (unpaired) electrons. The number of hydrogen-bond acceptors (Lipinski definition) is 5. The van der Waals surface area contributed by atoms with Crippen LogP contribution in [-0.2, 0) is 11.3 Å². The van der Waals surface area contributed by atoms with Crippen molar-refractivity contribution >= 4 is 11.9 Å². The molecule has 1 heterocycles. The molecule has 0 bridgehead atoms. The predicted octanol–water partition coefficient (Wildman–Crippen LogP) is -1.40. The van der Waals surface area contributed by atoms with Gasteiger partial charge in [-0.15, -0.1) is 5.10 Å². The fourth-order valence-corrected chi connectivity index (χ4v) is 0.983. The van der Waals surface area contributed by atoms with E-state index in [1.807, 2.05) is 0 Å². The van der Waals surface area contributed by atoms with Crippen LogP contribution in [0, 0.1) is 0 Å². The van der Waals surface area contributed by atoms with E-state index in [1.165, 1.54) is 18.0 Å². The quantitative estimate of drug-likeness (QED) is 0.371. The number of aromatic nitrogens is 3. The third-order valence-corrected chi connectivity index (χ3v) is 1.82. The first-order valence-corrected chi connectivity index (χ1v) is 4.62. The number of methoxy groups -OCH3 is 1. The van der Waals surface area contributed by atoms with Gasteiger partial charge in [-0.25, -0.2) is 9.48 Å². The molecule has 1 aromatic heterocycles. The Balaban J connectivity index is 2.44. The predicted molar refractivity (Wildman–Crippen MR) is 56.9 cm³/mol. The minimum absolute atomic E-state index is 0.180. The van der Waals surface area contributed by atoms with Gasteiger partial charge in [-0.1, -0.05) is 5.21 Å². The van der Waals surface area contributed by atoms with Gasteiger partial charge in [-0.3, -0.25) is 4.99 Å². The van der Waals surface area contributed by atoms with Gasteiger partial charge in [-0.2, -0.15) is 0 Å². The highest BCUT2D eigenvalue weighted by atomic mass is 16.5. The van der Waals surface area contributed by atoms with E-state index in [0.29, 0.717) is 19.0 Å². The van der Waals surface area contributed by atoms with Gasteiger partial charge in [0.25, 0.3) is 0 Å². The minimum Gasteiger partial charge on any atom is -0.464 e. The van der Waals surface area contributed by atoms with Crippen LogP contribution in [0.1, 0.15) is 10.5 Å². The van der Waals surface area contributed by atoms with E-state index in [2.05, 4.69) is 25.4 Å². The van der Waals surface area contributed by atoms with Gasteiger partial charge in [0.05, 0.1) is 19.9 Å². The van der Waals surface area contributed by atoms with Crippen molar-refractivity contribution in [2.45, 2.75) is 6.54 Å². The Morgan fingerprint density at radius 3 is 3.12 bits per heavy atom. The average molecular weight is 226 g/mol. The average Bonchev–Trinajstić information content (AvgIpc) is 2.76. The van der Waals surface area contributed by atoms with Crippen LogP contribution in [0.25, 0.3) is 0 Å². The lowest BCUT2D eigenvalue weighted by Gasteiger charge is -2.03. The fourth-order valence-electron chi connectivity index (χ4n) is 0.983. The summed E-state index contributed by atoms with van der Waals surface area (Å²) in [6, 6.07) is 0. The van der Waals surface area contributed by atoms with E-state index < -0.39 is 5.97 Å². The number of esters is 1. The number of nitrogens with zero attached hydrogens (tertiary/aromatic N) is 4. The van der Waals surface area contributed by atoms with Crippen molar-refractivity contribution in [2.75, 3.05) is 20.7 Å². The van der Waals surface area contributed by atoms with E-state index in [1.54, 1.807) is 7.05 Å². The van der Waals surface area contributed by atoms with E-state index in [9.17, 15) is 4.79 Å². The molecule has 0 aliphatic heterocycles. The smallest absolute Gasteiger partial charge is 0.360 e. The molecular formula is C8H14N6O2. The molecule has 0 fully saturated rings. The van der Waals surface area contributed by atoms with Gasteiger partial charge >= 0.3 is 5.97 Å². The summed E-state index contributed by atoms with van der Waals surface area (Å²) in [6.07, 6.45) is 1.51. The van der Waals surface area contributed by atoms with Crippen LogP contribution in [0.5, 0.6) is 0 Å². The summed E-state index contributed by atoms with van der Waals surface area (Å²) in [6.45, 7) is 1.08. The maximum absolute atomic E-state index is 11.1. The van der Waals surface area contributed by atoms with Crippen molar-refractivity contribution in [2.24, 2.45) is 10.7 Å². The summed E-state index contributed by atoms with van der Waals surface area (Å²) in [5, 5.41) is 10.3. The van der Waals surface area contributed by atoms with Crippen LogP contribution >= 0.6 is 0 Å².